The molecule has 0 aliphatic heterocycles. The van der Waals surface area contributed by atoms with E-state index in [1.807, 2.05) is 24.3 Å². The topological polar surface area (TPSA) is 67.6 Å². The second-order valence-electron chi connectivity index (χ2n) is 4.64. The second-order valence-corrected chi connectivity index (χ2v) is 4.64. The van der Waals surface area contributed by atoms with Crippen LogP contribution in [0.4, 0.5) is 5.69 Å². The molecule has 0 bridgehead atoms. The van der Waals surface area contributed by atoms with Crippen molar-refractivity contribution in [1.29, 1.82) is 0 Å². The van der Waals surface area contributed by atoms with E-state index in [4.69, 9.17) is 5.73 Å². The number of aromatic nitrogens is 3. The zero-order valence-electron chi connectivity index (χ0n) is 10.9. The predicted octanol–water partition coefficient (Wildman–Crippen LogP) is 3.16. The summed E-state index contributed by atoms with van der Waals surface area (Å²) in [7, 11) is 0. The molecule has 0 aliphatic carbocycles. The highest BCUT2D eigenvalue weighted by Crippen LogP contribution is 2.28. The molecule has 3 N–H and O–H groups in total. The lowest BCUT2D eigenvalue weighted by atomic mass is 10.0. The molecule has 0 radical (unpaired) electrons. The number of nitrogens with two attached hydrogens (primary N) is 1. The molecule has 19 heavy (non-hydrogen) atoms. The highest BCUT2D eigenvalue weighted by Gasteiger charge is 2.10. The van der Waals surface area contributed by atoms with Crippen LogP contribution in [0.3, 0.4) is 0 Å². The van der Waals surface area contributed by atoms with Crippen LogP contribution in [-0.2, 0) is 6.42 Å². The highest BCUT2D eigenvalue weighted by atomic mass is 15.2. The number of H-pyrrole nitrogens is 1. The number of benzene rings is 2. The van der Waals surface area contributed by atoms with Gasteiger partial charge in [-0.1, -0.05) is 31.2 Å². The van der Waals surface area contributed by atoms with E-state index in [0.29, 0.717) is 11.5 Å². The summed E-state index contributed by atoms with van der Waals surface area (Å²) < 4.78 is 0. The molecule has 0 spiro atoms. The van der Waals surface area contributed by atoms with Crippen LogP contribution >= 0.6 is 0 Å². The minimum absolute atomic E-state index is 0.673. The molecular weight excluding hydrogens is 236 g/mol. The lowest BCUT2D eigenvalue weighted by Crippen LogP contribution is -1.92. The minimum Gasteiger partial charge on any atom is -0.398 e. The fraction of sp³-hybridized carbons (Fsp3) is 0.200. The average Bonchev–Trinajstić information content (AvgIpc) is 2.87. The maximum Gasteiger partial charge on any atom is 0.183 e. The van der Waals surface area contributed by atoms with E-state index < -0.39 is 0 Å². The zero-order valence-corrected chi connectivity index (χ0v) is 10.9. The van der Waals surface area contributed by atoms with Crippen molar-refractivity contribution in [3.05, 3.63) is 42.2 Å². The first-order valence-corrected chi connectivity index (χ1v) is 6.48. The van der Waals surface area contributed by atoms with Crippen LogP contribution in [-0.4, -0.2) is 15.2 Å². The van der Waals surface area contributed by atoms with Gasteiger partial charge < -0.3 is 5.73 Å². The number of rotatable bonds is 3. The molecule has 0 saturated heterocycles. The molecule has 0 unspecified atom stereocenters. The van der Waals surface area contributed by atoms with Gasteiger partial charge in [0.2, 0.25) is 0 Å². The van der Waals surface area contributed by atoms with Gasteiger partial charge in [-0.3, -0.25) is 5.10 Å². The van der Waals surface area contributed by atoms with E-state index in [1.54, 1.807) is 0 Å². The number of aromatic amines is 1. The zero-order chi connectivity index (χ0) is 13.2. The van der Waals surface area contributed by atoms with Gasteiger partial charge in [-0.15, -0.1) is 0 Å². The number of anilines is 1. The lowest BCUT2D eigenvalue weighted by Gasteiger charge is -2.04. The third kappa shape index (κ3) is 2.17. The molecule has 1 aromatic heterocycles. The first kappa shape index (κ1) is 11.7. The van der Waals surface area contributed by atoms with Gasteiger partial charge in [0.1, 0.15) is 5.82 Å². The summed E-state index contributed by atoms with van der Waals surface area (Å²) in [4.78, 5) is 4.49. The molecule has 3 aromatic rings. The largest absolute Gasteiger partial charge is 0.398 e. The number of nitrogen functional groups attached to an aromatic ring is 1. The summed E-state index contributed by atoms with van der Waals surface area (Å²) in [6, 6.07) is 12.2. The Morgan fingerprint density at radius 1 is 1.16 bits per heavy atom. The monoisotopic (exact) mass is 252 g/mol. The van der Waals surface area contributed by atoms with Crippen LogP contribution in [0, 0.1) is 0 Å². The second kappa shape index (κ2) is 4.72. The van der Waals surface area contributed by atoms with Crippen molar-refractivity contribution in [3.63, 3.8) is 0 Å². The van der Waals surface area contributed by atoms with Crippen molar-refractivity contribution >= 4 is 16.5 Å². The third-order valence-corrected chi connectivity index (χ3v) is 3.18. The van der Waals surface area contributed by atoms with Gasteiger partial charge in [-0.05, 0) is 29.3 Å². The lowest BCUT2D eigenvalue weighted by molar-refractivity contribution is 0.841. The molecule has 0 amide bonds. The first-order valence-electron chi connectivity index (χ1n) is 6.48. The third-order valence-electron chi connectivity index (χ3n) is 3.18. The van der Waals surface area contributed by atoms with Crippen molar-refractivity contribution in [2.45, 2.75) is 19.8 Å². The van der Waals surface area contributed by atoms with E-state index >= 15 is 0 Å². The van der Waals surface area contributed by atoms with Gasteiger partial charge in [0.25, 0.3) is 0 Å². The SMILES string of the molecule is CCCc1nc(-c2cc3ccccc3cc2N)n[nH]1. The van der Waals surface area contributed by atoms with Crippen LogP contribution in [0.15, 0.2) is 36.4 Å². The van der Waals surface area contributed by atoms with Crippen molar-refractivity contribution in [3.8, 4) is 11.4 Å². The van der Waals surface area contributed by atoms with Gasteiger partial charge >= 0.3 is 0 Å². The molecule has 0 atom stereocenters. The van der Waals surface area contributed by atoms with Crippen molar-refractivity contribution in [1.82, 2.24) is 15.2 Å². The molecule has 0 aliphatic rings. The van der Waals surface area contributed by atoms with E-state index in [0.717, 1.165) is 35.0 Å². The Morgan fingerprint density at radius 3 is 2.63 bits per heavy atom. The van der Waals surface area contributed by atoms with Crippen molar-refractivity contribution < 1.29 is 0 Å². The van der Waals surface area contributed by atoms with Crippen LogP contribution in [0.2, 0.25) is 0 Å². The maximum atomic E-state index is 6.11. The van der Waals surface area contributed by atoms with Gasteiger partial charge in [0.05, 0.1) is 0 Å². The number of fused-ring (bicyclic) bond motifs is 1. The highest BCUT2D eigenvalue weighted by molar-refractivity contribution is 5.92. The van der Waals surface area contributed by atoms with E-state index in [9.17, 15) is 0 Å². The minimum atomic E-state index is 0.673. The smallest absolute Gasteiger partial charge is 0.183 e. The van der Waals surface area contributed by atoms with Crippen molar-refractivity contribution in [2.24, 2.45) is 0 Å². The van der Waals surface area contributed by atoms with Gasteiger partial charge in [0.15, 0.2) is 5.82 Å². The number of nitrogens with one attached hydrogen (secondary N) is 1. The summed E-state index contributed by atoms with van der Waals surface area (Å²) in [5.74, 6) is 1.58. The summed E-state index contributed by atoms with van der Waals surface area (Å²) in [6.45, 7) is 2.12. The molecule has 0 fully saturated rings. The van der Waals surface area contributed by atoms with Crippen molar-refractivity contribution in [2.75, 3.05) is 5.73 Å². The molecule has 0 saturated carbocycles. The standard InChI is InChI=1S/C15H16N4/c1-2-5-14-17-15(19-18-14)12-8-10-6-3-4-7-11(10)9-13(12)16/h3-4,6-9H,2,5,16H2,1H3,(H,17,18,19). The van der Waals surface area contributed by atoms with Gasteiger partial charge in [-0.2, -0.15) is 5.10 Å². The Labute approximate surface area is 111 Å². The first-order chi connectivity index (χ1) is 9.28. The van der Waals surface area contributed by atoms with E-state index in [1.165, 1.54) is 0 Å². The number of aryl methyl sites for hydroxylation is 1. The summed E-state index contributed by atoms with van der Waals surface area (Å²) in [5.41, 5.74) is 7.70. The number of nitrogens with zero attached hydrogens (tertiary/aromatic N) is 2. The molecular formula is C15H16N4. The summed E-state index contributed by atoms with van der Waals surface area (Å²) >= 11 is 0. The van der Waals surface area contributed by atoms with Crippen LogP contribution in [0.25, 0.3) is 22.2 Å². The molecule has 3 rings (SSSR count). The molecule has 4 nitrogen and oxygen atoms in total. The fourth-order valence-electron chi connectivity index (χ4n) is 2.22. The van der Waals surface area contributed by atoms with Crippen LogP contribution in [0.1, 0.15) is 19.2 Å². The normalized spacial score (nSPS) is 11.0. The Kier molecular flexibility index (Phi) is 2.91. The Hall–Kier alpha value is -2.36. The van der Waals surface area contributed by atoms with Gasteiger partial charge in [-0.25, -0.2) is 4.98 Å². The number of hydrogen-bond donors (Lipinski definition) is 2. The molecule has 4 heteroatoms. The summed E-state index contributed by atoms with van der Waals surface area (Å²) in [6.07, 6.45) is 1.95. The summed E-state index contributed by atoms with van der Waals surface area (Å²) in [5, 5.41) is 9.50. The fourth-order valence-corrected chi connectivity index (χ4v) is 2.22. The predicted molar refractivity (Wildman–Crippen MR) is 77.7 cm³/mol. The van der Waals surface area contributed by atoms with E-state index in [-0.39, 0.29) is 0 Å². The Bertz CT molecular complexity index is 715. The van der Waals surface area contributed by atoms with Crippen LogP contribution in [0.5, 0.6) is 0 Å². The number of hydrogen-bond acceptors (Lipinski definition) is 3. The Balaban J connectivity index is 2.10. The quantitative estimate of drug-likeness (QED) is 0.703. The molecule has 96 valence electrons. The maximum absolute atomic E-state index is 6.11. The Morgan fingerprint density at radius 2 is 1.89 bits per heavy atom. The molecule has 1 heterocycles. The van der Waals surface area contributed by atoms with Crippen LogP contribution < -0.4 is 5.73 Å². The average molecular weight is 252 g/mol. The van der Waals surface area contributed by atoms with Gasteiger partial charge in [0, 0.05) is 17.7 Å². The van der Waals surface area contributed by atoms with E-state index in [2.05, 4.69) is 34.2 Å². The molecule has 2 aromatic carbocycles.